The molecule has 1 saturated carbocycles. The van der Waals surface area contributed by atoms with E-state index in [0.717, 1.165) is 5.56 Å². The molecule has 0 radical (unpaired) electrons. The molecule has 2 rings (SSSR count). The van der Waals surface area contributed by atoms with E-state index in [1.165, 1.54) is 0 Å². The molecule has 1 aromatic rings. The summed E-state index contributed by atoms with van der Waals surface area (Å²) in [5, 5.41) is 8.59. The zero-order chi connectivity index (χ0) is 11.4. The average molecular weight is 215 g/mol. The van der Waals surface area contributed by atoms with Crippen LogP contribution in [-0.4, -0.2) is 5.97 Å². The summed E-state index contributed by atoms with van der Waals surface area (Å²) in [5.41, 5.74) is 0.993. The third-order valence-electron chi connectivity index (χ3n) is 2.88. The Morgan fingerprint density at radius 2 is 2.06 bits per heavy atom. The summed E-state index contributed by atoms with van der Waals surface area (Å²) in [4.78, 5) is 11.5. The SMILES string of the molecule is N#C[C@H]1C[C@H](C(=O)OCc2ccccc2)C1. The van der Waals surface area contributed by atoms with Gasteiger partial charge in [-0.3, -0.25) is 4.79 Å². The van der Waals surface area contributed by atoms with Gasteiger partial charge in [-0.2, -0.15) is 5.26 Å². The molecular weight excluding hydrogens is 202 g/mol. The molecule has 0 aromatic heterocycles. The molecule has 0 spiro atoms. The summed E-state index contributed by atoms with van der Waals surface area (Å²) in [7, 11) is 0. The van der Waals surface area contributed by atoms with Gasteiger partial charge in [0.25, 0.3) is 0 Å². The number of nitriles is 1. The van der Waals surface area contributed by atoms with Crippen molar-refractivity contribution in [2.24, 2.45) is 11.8 Å². The lowest BCUT2D eigenvalue weighted by atomic mass is 9.76. The first-order valence-corrected chi connectivity index (χ1v) is 5.40. The molecule has 0 atom stereocenters. The summed E-state index contributed by atoms with van der Waals surface area (Å²) in [6, 6.07) is 11.8. The van der Waals surface area contributed by atoms with E-state index in [2.05, 4.69) is 6.07 Å². The Bertz CT molecular complexity index is 402. The fourth-order valence-corrected chi connectivity index (χ4v) is 1.76. The normalized spacial score (nSPS) is 22.9. The Kier molecular flexibility index (Phi) is 3.21. The smallest absolute Gasteiger partial charge is 0.309 e. The maximum Gasteiger partial charge on any atom is 0.309 e. The highest BCUT2D eigenvalue weighted by Gasteiger charge is 2.35. The number of ether oxygens (including phenoxy) is 1. The maximum atomic E-state index is 11.5. The van der Waals surface area contributed by atoms with Gasteiger partial charge >= 0.3 is 5.97 Å². The number of hydrogen-bond acceptors (Lipinski definition) is 3. The van der Waals surface area contributed by atoms with Crippen molar-refractivity contribution < 1.29 is 9.53 Å². The van der Waals surface area contributed by atoms with Gasteiger partial charge in [-0.05, 0) is 18.4 Å². The topological polar surface area (TPSA) is 50.1 Å². The largest absolute Gasteiger partial charge is 0.461 e. The zero-order valence-corrected chi connectivity index (χ0v) is 8.93. The molecule has 0 bridgehead atoms. The Morgan fingerprint density at radius 3 is 2.69 bits per heavy atom. The van der Waals surface area contributed by atoms with Crippen LogP contribution in [0.1, 0.15) is 18.4 Å². The third-order valence-corrected chi connectivity index (χ3v) is 2.88. The van der Waals surface area contributed by atoms with Crippen LogP contribution in [0.15, 0.2) is 30.3 Å². The number of hydrogen-bond donors (Lipinski definition) is 0. The minimum atomic E-state index is -0.171. The van der Waals surface area contributed by atoms with E-state index >= 15 is 0 Å². The monoisotopic (exact) mass is 215 g/mol. The van der Waals surface area contributed by atoms with Crippen molar-refractivity contribution in [3.8, 4) is 6.07 Å². The summed E-state index contributed by atoms with van der Waals surface area (Å²) in [6.07, 6.45) is 1.31. The van der Waals surface area contributed by atoms with E-state index in [1.54, 1.807) is 0 Å². The van der Waals surface area contributed by atoms with Crippen molar-refractivity contribution in [3.05, 3.63) is 35.9 Å². The lowest BCUT2D eigenvalue weighted by molar-refractivity contribution is -0.153. The molecule has 1 aromatic carbocycles. The number of benzene rings is 1. The first-order valence-electron chi connectivity index (χ1n) is 5.40. The van der Waals surface area contributed by atoms with Crippen LogP contribution in [0.4, 0.5) is 0 Å². The molecule has 0 amide bonds. The van der Waals surface area contributed by atoms with Crippen molar-refractivity contribution >= 4 is 5.97 Å². The number of carbonyl (C=O) groups is 1. The van der Waals surface area contributed by atoms with Gasteiger partial charge in [-0.15, -0.1) is 0 Å². The summed E-state index contributed by atoms with van der Waals surface area (Å²) in [6.45, 7) is 0.327. The molecule has 3 nitrogen and oxygen atoms in total. The summed E-state index contributed by atoms with van der Waals surface area (Å²) >= 11 is 0. The number of nitrogens with zero attached hydrogens (tertiary/aromatic N) is 1. The summed E-state index contributed by atoms with van der Waals surface area (Å²) in [5.74, 6) is -0.182. The molecule has 0 aliphatic heterocycles. The van der Waals surface area contributed by atoms with Crippen LogP contribution in [-0.2, 0) is 16.1 Å². The van der Waals surface area contributed by atoms with E-state index in [-0.39, 0.29) is 17.8 Å². The van der Waals surface area contributed by atoms with Crippen LogP contribution in [0.25, 0.3) is 0 Å². The Morgan fingerprint density at radius 1 is 1.38 bits per heavy atom. The number of rotatable bonds is 3. The highest BCUT2D eigenvalue weighted by atomic mass is 16.5. The van der Waals surface area contributed by atoms with Crippen LogP contribution >= 0.6 is 0 Å². The van der Waals surface area contributed by atoms with Gasteiger partial charge in [-0.1, -0.05) is 30.3 Å². The van der Waals surface area contributed by atoms with Gasteiger partial charge < -0.3 is 4.74 Å². The molecule has 0 saturated heterocycles. The highest BCUT2D eigenvalue weighted by molar-refractivity contribution is 5.73. The van der Waals surface area contributed by atoms with Gasteiger partial charge in [0.2, 0.25) is 0 Å². The summed E-state index contributed by atoms with van der Waals surface area (Å²) < 4.78 is 5.18. The molecule has 0 heterocycles. The number of esters is 1. The highest BCUT2D eigenvalue weighted by Crippen LogP contribution is 2.33. The van der Waals surface area contributed by atoms with Gasteiger partial charge in [0.05, 0.1) is 12.0 Å². The molecule has 0 unspecified atom stereocenters. The molecule has 1 fully saturated rings. The molecule has 82 valence electrons. The minimum absolute atomic E-state index is 0.0503. The van der Waals surface area contributed by atoms with Crippen LogP contribution in [0.3, 0.4) is 0 Å². The first kappa shape index (κ1) is 10.7. The van der Waals surface area contributed by atoms with Crippen molar-refractivity contribution in [2.45, 2.75) is 19.4 Å². The quantitative estimate of drug-likeness (QED) is 0.727. The molecule has 1 aliphatic rings. The Hall–Kier alpha value is -1.82. The second kappa shape index (κ2) is 4.80. The van der Waals surface area contributed by atoms with E-state index < -0.39 is 0 Å². The molecule has 1 aliphatic carbocycles. The Labute approximate surface area is 94.6 Å². The van der Waals surface area contributed by atoms with Gasteiger partial charge in [0.15, 0.2) is 0 Å². The second-order valence-electron chi connectivity index (χ2n) is 4.09. The number of carbonyl (C=O) groups excluding carboxylic acids is 1. The fourth-order valence-electron chi connectivity index (χ4n) is 1.76. The second-order valence-corrected chi connectivity index (χ2v) is 4.09. The minimum Gasteiger partial charge on any atom is -0.461 e. The van der Waals surface area contributed by atoms with Crippen LogP contribution < -0.4 is 0 Å². The van der Waals surface area contributed by atoms with Gasteiger partial charge in [0.1, 0.15) is 6.61 Å². The van der Waals surface area contributed by atoms with Crippen LogP contribution in [0.5, 0.6) is 0 Å². The third kappa shape index (κ3) is 2.40. The lowest BCUT2D eigenvalue weighted by Gasteiger charge is -2.28. The maximum absolute atomic E-state index is 11.5. The zero-order valence-electron chi connectivity index (χ0n) is 8.93. The average Bonchev–Trinajstić information content (AvgIpc) is 2.26. The lowest BCUT2D eigenvalue weighted by Crippen LogP contribution is -2.30. The van der Waals surface area contributed by atoms with E-state index in [4.69, 9.17) is 10.00 Å². The predicted molar refractivity (Wildman–Crippen MR) is 58.1 cm³/mol. The Balaban J connectivity index is 1.76. The van der Waals surface area contributed by atoms with E-state index in [9.17, 15) is 4.79 Å². The molecule has 16 heavy (non-hydrogen) atoms. The van der Waals surface area contributed by atoms with Gasteiger partial charge in [-0.25, -0.2) is 0 Å². The van der Waals surface area contributed by atoms with Crippen LogP contribution in [0.2, 0.25) is 0 Å². The van der Waals surface area contributed by atoms with Crippen molar-refractivity contribution in [1.82, 2.24) is 0 Å². The van der Waals surface area contributed by atoms with Crippen LogP contribution in [0, 0.1) is 23.2 Å². The van der Waals surface area contributed by atoms with Gasteiger partial charge in [0, 0.05) is 5.92 Å². The fraction of sp³-hybridized carbons (Fsp3) is 0.385. The van der Waals surface area contributed by atoms with Crippen molar-refractivity contribution in [2.75, 3.05) is 0 Å². The van der Waals surface area contributed by atoms with Crippen molar-refractivity contribution in [1.29, 1.82) is 5.26 Å². The predicted octanol–water partition coefficient (Wildman–Crippen LogP) is 2.28. The molecule has 0 N–H and O–H groups in total. The van der Waals surface area contributed by atoms with E-state index in [1.807, 2.05) is 30.3 Å². The molecular formula is C13H13NO2. The van der Waals surface area contributed by atoms with E-state index in [0.29, 0.717) is 19.4 Å². The standard InChI is InChI=1S/C13H13NO2/c14-8-11-6-12(7-11)13(15)16-9-10-4-2-1-3-5-10/h1-5,11-12H,6-7,9H2/t11-,12-. The first-order chi connectivity index (χ1) is 7.79. The van der Waals surface area contributed by atoms with Crippen molar-refractivity contribution in [3.63, 3.8) is 0 Å². The molecule has 3 heteroatoms.